The standard InChI is InChI=1S/C22H25F3N4/c1-6-16-11-12(2)19(27-15(16)5)28-20-13(3)14(4)26-21(29-20)17-9-7-8-10-18(17)22(23,24)25/h7-10,16H,6,11H2,1-5H3,(H,26,28,29). The second-order valence-electron chi connectivity index (χ2n) is 7.47. The molecule has 154 valence electrons. The van der Waals surface area contributed by atoms with Crippen molar-refractivity contribution in [1.29, 1.82) is 0 Å². The lowest BCUT2D eigenvalue weighted by Gasteiger charge is -2.24. The van der Waals surface area contributed by atoms with Crippen molar-refractivity contribution in [2.75, 3.05) is 5.32 Å². The van der Waals surface area contributed by atoms with Gasteiger partial charge in [-0.3, -0.25) is 0 Å². The van der Waals surface area contributed by atoms with Gasteiger partial charge < -0.3 is 5.32 Å². The molecule has 1 aromatic carbocycles. The summed E-state index contributed by atoms with van der Waals surface area (Å²) in [4.78, 5) is 13.5. The van der Waals surface area contributed by atoms with E-state index in [1.54, 1.807) is 13.0 Å². The van der Waals surface area contributed by atoms with Crippen LogP contribution in [-0.2, 0) is 6.18 Å². The molecule has 0 bridgehead atoms. The lowest BCUT2D eigenvalue weighted by Crippen LogP contribution is -2.19. The zero-order chi connectivity index (χ0) is 21.3. The minimum Gasteiger partial charge on any atom is -0.325 e. The number of benzene rings is 1. The molecule has 29 heavy (non-hydrogen) atoms. The van der Waals surface area contributed by atoms with Crippen LogP contribution in [0.25, 0.3) is 11.4 Å². The van der Waals surface area contributed by atoms with Crippen LogP contribution in [0, 0.1) is 19.8 Å². The lowest BCUT2D eigenvalue weighted by atomic mass is 9.91. The second kappa shape index (κ2) is 7.97. The predicted molar refractivity (Wildman–Crippen MR) is 110 cm³/mol. The number of alkyl halides is 3. The molecule has 1 aliphatic rings. The fraction of sp³-hybridized carbons (Fsp3) is 0.409. The number of nitrogens with zero attached hydrogens (tertiary/aromatic N) is 3. The van der Waals surface area contributed by atoms with E-state index in [1.165, 1.54) is 12.1 Å². The van der Waals surface area contributed by atoms with E-state index in [-0.39, 0.29) is 11.4 Å². The van der Waals surface area contributed by atoms with Crippen LogP contribution in [0.1, 0.15) is 50.4 Å². The van der Waals surface area contributed by atoms with Crippen molar-refractivity contribution in [1.82, 2.24) is 9.97 Å². The maximum atomic E-state index is 13.5. The Kier molecular flexibility index (Phi) is 5.78. The van der Waals surface area contributed by atoms with E-state index in [9.17, 15) is 13.2 Å². The first-order valence-corrected chi connectivity index (χ1v) is 9.65. The summed E-state index contributed by atoms with van der Waals surface area (Å²) in [5.74, 6) is 1.65. The summed E-state index contributed by atoms with van der Waals surface area (Å²) in [6.45, 7) is 9.78. The molecule has 1 aliphatic heterocycles. The molecule has 7 heteroatoms. The highest BCUT2D eigenvalue weighted by atomic mass is 19.4. The highest BCUT2D eigenvalue weighted by Crippen LogP contribution is 2.36. The molecule has 1 unspecified atom stereocenters. The molecule has 0 fully saturated rings. The van der Waals surface area contributed by atoms with Crippen molar-refractivity contribution >= 4 is 11.5 Å². The first-order chi connectivity index (χ1) is 13.6. The monoisotopic (exact) mass is 402 g/mol. The summed E-state index contributed by atoms with van der Waals surface area (Å²) < 4.78 is 40.4. The average molecular weight is 402 g/mol. The molecule has 4 nitrogen and oxygen atoms in total. The number of anilines is 1. The van der Waals surface area contributed by atoms with Gasteiger partial charge in [0.05, 0.1) is 5.56 Å². The Balaban J connectivity index is 2.05. The molecule has 3 rings (SSSR count). The molecule has 1 atom stereocenters. The number of aromatic nitrogens is 2. The van der Waals surface area contributed by atoms with Crippen molar-refractivity contribution in [3.63, 3.8) is 0 Å². The van der Waals surface area contributed by atoms with Gasteiger partial charge in [0.25, 0.3) is 0 Å². The van der Waals surface area contributed by atoms with Crippen LogP contribution in [0.2, 0.25) is 0 Å². The summed E-state index contributed by atoms with van der Waals surface area (Å²) in [5, 5.41) is 3.24. The molecule has 0 amide bonds. The van der Waals surface area contributed by atoms with Gasteiger partial charge in [0.2, 0.25) is 0 Å². The fourth-order valence-electron chi connectivity index (χ4n) is 3.46. The van der Waals surface area contributed by atoms with Crippen LogP contribution in [0.5, 0.6) is 0 Å². The number of hydrogen-bond acceptors (Lipinski definition) is 4. The molecular weight excluding hydrogens is 377 g/mol. The van der Waals surface area contributed by atoms with Crippen LogP contribution in [0.3, 0.4) is 0 Å². The maximum Gasteiger partial charge on any atom is 0.417 e. The third kappa shape index (κ3) is 4.33. The highest BCUT2D eigenvalue weighted by Gasteiger charge is 2.34. The Morgan fingerprint density at radius 1 is 1.07 bits per heavy atom. The lowest BCUT2D eigenvalue weighted by molar-refractivity contribution is -0.137. The largest absolute Gasteiger partial charge is 0.417 e. The summed E-state index contributed by atoms with van der Waals surface area (Å²) in [7, 11) is 0. The van der Waals surface area contributed by atoms with Gasteiger partial charge in [-0.25, -0.2) is 15.0 Å². The summed E-state index contributed by atoms with van der Waals surface area (Å²) in [6, 6.07) is 5.37. The molecule has 0 saturated heterocycles. The van der Waals surface area contributed by atoms with E-state index < -0.39 is 11.7 Å². The van der Waals surface area contributed by atoms with Gasteiger partial charge in [-0.1, -0.05) is 25.1 Å². The van der Waals surface area contributed by atoms with Gasteiger partial charge >= 0.3 is 6.18 Å². The average Bonchev–Trinajstić information content (AvgIpc) is 2.67. The second-order valence-corrected chi connectivity index (χ2v) is 7.47. The number of nitrogens with one attached hydrogen (secondary N) is 1. The van der Waals surface area contributed by atoms with Crippen molar-refractivity contribution in [3.05, 3.63) is 52.5 Å². The Morgan fingerprint density at radius 2 is 1.76 bits per heavy atom. The first kappa shape index (κ1) is 21.0. The molecule has 0 saturated carbocycles. The van der Waals surface area contributed by atoms with Crippen LogP contribution in [0.15, 0.2) is 40.7 Å². The number of aliphatic imine (C=N–C) groups is 1. The summed E-state index contributed by atoms with van der Waals surface area (Å²) in [6.07, 6.45) is -2.56. The molecule has 0 radical (unpaired) electrons. The zero-order valence-electron chi connectivity index (χ0n) is 17.3. The Bertz CT molecular complexity index is 990. The number of aryl methyl sites for hydroxylation is 1. The molecular formula is C22H25F3N4. The zero-order valence-corrected chi connectivity index (χ0v) is 17.3. The van der Waals surface area contributed by atoms with Gasteiger partial charge in [-0.05, 0) is 52.2 Å². The maximum absolute atomic E-state index is 13.5. The third-order valence-corrected chi connectivity index (χ3v) is 5.43. The Morgan fingerprint density at radius 3 is 2.41 bits per heavy atom. The summed E-state index contributed by atoms with van der Waals surface area (Å²) >= 11 is 0. The quantitative estimate of drug-likeness (QED) is 0.652. The number of hydrogen-bond donors (Lipinski definition) is 1. The number of halogens is 3. The summed E-state index contributed by atoms with van der Waals surface area (Å²) in [5.41, 5.74) is 2.77. The molecule has 1 aromatic heterocycles. The van der Waals surface area contributed by atoms with E-state index in [2.05, 4.69) is 27.2 Å². The Labute approximate surface area is 169 Å². The number of allylic oxidation sites excluding steroid dienone is 1. The van der Waals surface area contributed by atoms with Crippen molar-refractivity contribution in [3.8, 4) is 11.4 Å². The van der Waals surface area contributed by atoms with E-state index in [0.29, 0.717) is 23.3 Å². The van der Waals surface area contributed by atoms with E-state index in [0.717, 1.165) is 35.8 Å². The fourth-order valence-corrected chi connectivity index (χ4v) is 3.46. The molecule has 0 spiro atoms. The van der Waals surface area contributed by atoms with Crippen LogP contribution in [0.4, 0.5) is 19.0 Å². The third-order valence-electron chi connectivity index (χ3n) is 5.43. The Hall–Kier alpha value is -2.70. The highest BCUT2D eigenvalue weighted by molar-refractivity contribution is 5.87. The SMILES string of the molecule is CCC1CC(C)=C(Nc2nc(-c3ccccc3C(F)(F)F)nc(C)c2C)N=C1C. The molecule has 0 aliphatic carbocycles. The van der Waals surface area contributed by atoms with E-state index in [1.807, 2.05) is 20.8 Å². The first-order valence-electron chi connectivity index (χ1n) is 9.65. The van der Waals surface area contributed by atoms with Gasteiger partial charge in [-0.15, -0.1) is 0 Å². The van der Waals surface area contributed by atoms with E-state index >= 15 is 0 Å². The van der Waals surface area contributed by atoms with Gasteiger partial charge in [0.15, 0.2) is 5.82 Å². The van der Waals surface area contributed by atoms with Gasteiger partial charge in [0.1, 0.15) is 11.6 Å². The minimum absolute atomic E-state index is 0.0359. The van der Waals surface area contributed by atoms with Crippen LogP contribution >= 0.6 is 0 Å². The van der Waals surface area contributed by atoms with Gasteiger partial charge in [0, 0.05) is 28.5 Å². The van der Waals surface area contributed by atoms with Crippen molar-refractivity contribution < 1.29 is 13.2 Å². The van der Waals surface area contributed by atoms with Crippen LogP contribution < -0.4 is 5.32 Å². The van der Waals surface area contributed by atoms with Gasteiger partial charge in [-0.2, -0.15) is 13.2 Å². The van der Waals surface area contributed by atoms with Crippen molar-refractivity contribution in [2.24, 2.45) is 10.9 Å². The predicted octanol–water partition coefficient (Wildman–Crippen LogP) is 6.31. The minimum atomic E-state index is -4.48. The van der Waals surface area contributed by atoms with Crippen molar-refractivity contribution in [2.45, 2.75) is 53.6 Å². The smallest absolute Gasteiger partial charge is 0.325 e. The topological polar surface area (TPSA) is 50.2 Å². The number of rotatable bonds is 4. The normalized spacial score (nSPS) is 17.4. The van der Waals surface area contributed by atoms with Crippen LogP contribution in [-0.4, -0.2) is 15.7 Å². The molecule has 1 N–H and O–H groups in total. The molecule has 2 heterocycles. The van der Waals surface area contributed by atoms with E-state index in [4.69, 9.17) is 0 Å². The molecule has 2 aromatic rings.